The molecule has 4 atom stereocenters. The Bertz CT molecular complexity index is 881. The monoisotopic (exact) mass is 469 g/mol. The molecule has 0 aliphatic carbocycles. The third-order valence-electron chi connectivity index (χ3n) is 5.95. The van der Waals surface area contributed by atoms with Crippen LogP contribution in [-0.2, 0) is 23.9 Å². The Morgan fingerprint density at radius 1 is 1.13 bits per heavy atom. The number of rotatable bonds is 5. The Morgan fingerprint density at radius 3 is 2.39 bits per heavy atom. The van der Waals surface area contributed by atoms with Crippen LogP contribution >= 0.6 is 24.2 Å². The average Bonchev–Trinajstić information content (AvgIpc) is 3.09. The van der Waals surface area contributed by atoms with Crippen LogP contribution in [0.3, 0.4) is 0 Å². The van der Waals surface area contributed by atoms with Gasteiger partial charge in [-0.3, -0.25) is 14.9 Å². The molecule has 0 bridgehead atoms. The minimum Gasteiger partial charge on any atom is -0.437 e. The zero-order chi connectivity index (χ0) is 21.8. The maximum Gasteiger partial charge on any atom is 0.332 e. The summed E-state index contributed by atoms with van der Waals surface area (Å²) in [5.74, 6) is -0.849. The lowest BCUT2D eigenvalue weighted by Gasteiger charge is -2.50. The number of β-lactam (4-membered cyclic amide) rings is 1. The Hall–Kier alpha value is -1.81. The van der Waals surface area contributed by atoms with Crippen LogP contribution < -0.4 is 5.32 Å². The number of methoxy groups -OCH3 is 1. The highest BCUT2D eigenvalue weighted by molar-refractivity contribution is 8.01. The molecule has 0 radical (unpaired) electrons. The summed E-state index contributed by atoms with van der Waals surface area (Å²) in [6, 6.07) is 7.63. The van der Waals surface area contributed by atoms with Crippen molar-refractivity contribution in [2.45, 2.75) is 61.6 Å². The second-order valence-electron chi connectivity index (χ2n) is 8.83. The first-order valence-corrected chi connectivity index (χ1v) is 10.8. The van der Waals surface area contributed by atoms with Gasteiger partial charge < -0.3 is 19.3 Å². The second-order valence-corrected chi connectivity index (χ2v) is 10.6. The van der Waals surface area contributed by atoms with Crippen molar-refractivity contribution in [1.82, 2.24) is 15.1 Å². The Morgan fingerprint density at radius 2 is 1.77 bits per heavy atom. The quantitative estimate of drug-likeness (QED) is 0.400. The number of esters is 1. The normalized spacial score (nSPS) is 30.5. The van der Waals surface area contributed by atoms with Crippen molar-refractivity contribution in [2.24, 2.45) is 0 Å². The number of fused-ring (bicyclic) bond motifs is 1. The average molecular weight is 470 g/mol. The number of carbonyl (C=O) groups excluding carboxylic acids is 3. The molecule has 1 N–H and O–H groups in total. The highest BCUT2D eigenvalue weighted by Crippen LogP contribution is 2.54. The molecule has 10 heteroatoms. The van der Waals surface area contributed by atoms with Crippen molar-refractivity contribution in [3.8, 4) is 0 Å². The fraction of sp³-hybridized carbons (Fsp3) is 0.571. The van der Waals surface area contributed by atoms with Crippen LogP contribution in [0, 0.1) is 0 Å². The van der Waals surface area contributed by atoms with Gasteiger partial charge in [0, 0.05) is 11.9 Å². The van der Waals surface area contributed by atoms with Gasteiger partial charge >= 0.3 is 5.97 Å². The number of ether oxygens (including phenoxy) is 2. The zero-order valence-electron chi connectivity index (χ0n) is 18.2. The molecule has 1 unspecified atom stereocenters. The molecule has 0 saturated carbocycles. The fourth-order valence-corrected chi connectivity index (χ4v) is 6.33. The Kier molecular flexibility index (Phi) is 6.36. The molecule has 3 heterocycles. The van der Waals surface area contributed by atoms with Crippen molar-refractivity contribution in [3.05, 3.63) is 35.9 Å². The Balaban J connectivity index is 0.00000272. The van der Waals surface area contributed by atoms with Crippen LogP contribution in [0.25, 0.3) is 0 Å². The van der Waals surface area contributed by atoms with E-state index in [1.54, 1.807) is 9.80 Å². The lowest BCUT2D eigenvalue weighted by molar-refractivity contribution is -0.176. The molecular weight excluding hydrogens is 442 g/mol. The molecule has 1 aromatic carbocycles. The van der Waals surface area contributed by atoms with Gasteiger partial charge in [-0.25, -0.2) is 4.79 Å². The minimum absolute atomic E-state index is 0. The van der Waals surface area contributed by atoms with E-state index in [0.29, 0.717) is 0 Å². The van der Waals surface area contributed by atoms with Gasteiger partial charge in [0.05, 0.1) is 5.66 Å². The van der Waals surface area contributed by atoms with Gasteiger partial charge in [0.15, 0.2) is 6.79 Å². The molecule has 0 aromatic heterocycles. The molecule has 170 valence electrons. The van der Waals surface area contributed by atoms with E-state index in [4.69, 9.17) is 9.47 Å². The van der Waals surface area contributed by atoms with E-state index < -0.39 is 34.5 Å². The van der Waals surface area contributed by atoms with E-state index in [1.807, 2.05) is 58.0 Å². The molecule has 4 rings (SSSR count). The maximum atomic E-state index is 13.4. The number of nitrogens with zero attached hydrogens (tertiary/aromatic N) is 2. The molecule has 8 nitrogen and oxygen atoms in total. The summed E-state index contributed by atoms with van der Waals surface area (Å²) in [6.07, 6.45) is 0. The predicted octanol–water partition coefficient (Wildman–Crippen LogP) is 1.90. The summed E-state index contributed by atoms with van der Waals surface area (Å²) in [4.78, 5) is 42.4. The van der Waals surface area contributed by atoms with Gasteiger partial charge in [-0.1, -0.05) is 30.3 Å². The van der Waals surface area contributed by atoms with Crippen molar-refractivity contribution < 1.29 is 23.9 Å². The number of carbonyl (C=O) groups is 3. The van der Waals surface area contributed by atoms with Gasteiger partial charge in [0.2, 0.25) is 11.8 Å². The molecule has 3 aliphatic rings. The standard InChI is InChI=1S/C21H27N3O5S.ClH/c1-20(2)15(19(27)29-11-28-5)23-17(26)14(18(23)30-20)24-16(25)13(22-21(24,3)4)12-9-7-6-8-10-12;/h6-10,13-15,18,22H,11H2,1-5H3;1H/t13?,14-,15+,18-;/m1./s1. The minimum atomic E-state index is -0.718. The topological polar surface area (TPSA) is 88.2 Å². The SMILES string of the molecule is COCOC(=O)[C@@H]1N2C(=O)[C@@H](N3C(=O)C(c4ccccc4)NC3(C)C)[C@H]2SC1(C)C.Cl. The zero-order valence-corrected chi connectivity index (χ0v) is 19.8. The summed E-state index contributed by atoms with van der Waals surface area (Å²) in [6.45, 7) is 7.48. The van der Waals surface area contributed by atoms with Gasteiger partial charge in [-0.2, -0.15) is 0 Å². The first-order chi connectivity index (χ1) is 14.1. The number of nitrogens with one attached hydrogen (secondary N) is 1. The first-order valence-electron chi connectivity index (χ1n) is 9.91. The number of hydrogen-bond donors (Lipinski definition) is 1. The van der Waals surface area contributed by atoms with E-state index in [2.05, 4.69) is 5.32 Å². The predicted molar refractivity (Wildman–Crippen MR) is 118 cm³/mol. The van der Waals surface area contributed by atoms with Crippen molar-refractivity contribution in [2.75, 3.05) is 13.9 Å². The Labute approximate surface area is 192 Å². The number of amides is 2. The molecular formula is C21H28ClN3O5S. The van der Waals surface area contributed by atoms with E-state index in [9.17, 15) is 14.4 Å². The maximum absolute atomic E-state index is 13.4. The van der Waals surface area contributed by atoms with Crippen molar-refractivity contribution in [3.63, 3.8) is 0 Å². The molecule has 3 aliphatic heterocycles. The number of hydrogen-bond acceptors (Lipinski definition) is 7. The van der Waals surface area contributed by atoms with Crippen LogP contribution in [0.15, 0.2) is 30.3 Å². The van der Waals surface area contributed by atoms with E-state index in [0.717, 1.165) is 5.56 Å². The third kappa shape index (κ3) is 3.71. The third-order valence-corrected chi connectivity index (χ3v) is 7.51. The van der Waals surface area contributed by atoms with Gasteiger partial charge in [-0.05, 0) is 33.3 Å². The van der Waals surface area contributed by atoms with Crippen LogP contribution in [-0.4, -0.2) is 69.4 Å². The van der Waals surface area contributed by atoms with Crippen molar-refractivity contribution >= 4 is 42.0 Å². The summed E-state index contributed by atoms with van der Waals surface area (Å²) in [5, 5.41) is 3.07. The lowest BCUT2D eigenvalue weighted by Crippen LogP contribution is -2.73. The summed E-state index contributed by atoms with van der Waals surface area (Å²) < 4.78 is 9.44. The fourth-order valence-electron chi connectivity index (χ4n) is 4.66. The van der Waals surface area contributed by atoms with E-state index >= 15 is 0 Å². The summed E-state index contributed by atoms with van der Waals surface area (Å²) in [5.41, 5.74) is 0.158. The highest BCUT2D eigenvalue weighted by atomic mass is 35.5. The molecule has 1 aromatic rings. The summed E-state index contributed by atoms with van der Waals surface area (Å²) >= 11 is 1.53. The van der Waals surface area contributed by atoms with Crippen LogP contribution in [0.4, 0.5) is 0 Å². The van der Waals surface area contributed by atoms with Crippen molar-refractivity contribution in [1.29, 1.82) is 0 Å². The van der Waals surface area contributed by atoms with Gasteiger partial charge in [0.25, 0.3) is 0 Å². The molecule has 3 saturated heterocycles. The van der Waals surface area contributed by atoms with E-state index in [1.165, 1.54) is 18.9 Å². The molecule has 0 spiro atoms. The van der Waals surface area contributed by atoms with Gasteiger partial charge in [-0.15, -0.1) is 24.2 Å². The largest absolute Gasteiger partial charge is 0.437 e. The van der Waals surface area contributed by atoms with Crippen LogP contribution in [0.1, 0.15) is 39.3 Å². The van der Waals surface area contributed by atoms with Gasteiger partial charge in [0.1, 0.15) is 23.5 Å². The van der Waals surface area contributed by atoms with E-state index in [-0.39, 0.29) is 36.4 Å². The number of halogens is 1. The molecule has 3 fully saturated rings. The lowest BCUT2D eigenvalue weighted by atomic mass is 9.94. The highest BCUT2D eigenvalue weighted by Gasteiger charge is 2.68. The van der Waals surface area contributed by atoms with Crippen LogP contribution in [0.5, 0.6) is 0 Å². The summed E-state index contributed by atoms with van der Waals surface area (Å²) in [7, 11) is 1.44. The van der Waals surface area contributed by atoms with Crippen LogP contribution in [0.2, 0.25) is 0 Å². The molecule has 2 amide bonds. The first kappa shape index (κ1) is 23.8. The number of thioether (sulfide) groups is 1. The smallest absolute Gasteiger partial charge is 0.332 e. The second kappa shape index (κ2) is 8.27. The molecule has 31 heavy (non-hydrogen) atoms. The number of benzene rings is 1.